The lowest BCUT2D eigenvalue weighted by Gasteiger charge is -2.10. The van der Waals surface area contributed by atoms with Crippen molar-refractivity contribution in [1.29, 1.82) is 0 Å². The number of hydrogen-bond donors (Lipinski definition) is 0. The van der Waals surface area contributed by atoms with E-state index < -0.39 is 21.4 Å². The van der Waals surface area contributed by atoms with E-state index in [4.69, 9.17) is 0 Å². The van der Waals surface area contributed by atoms with E-state index >= 15 is 0 Å². The van der Waals surface area contributed by atoms with Gasteiger partial charge in [0.1, 0.15) is 5.75 Å². The fraction of sp³-hybridized carbons (Fsp3) is 0.0556. The summed E-state index contributed by atoms with van der Waals surface area (Å²) in [5, 5.41) is 0. The van der Waals surface area contributed by atoms with Crippen LogP contribution >= 0.6 is 0 Å². The van der Waals surface area contributed by atoms with Gasteiger partial charge in [0.25, 0.3) is 0 Å². The molecule has 0 saturated carbocycles. The van der Waals surface area contributed by atoms with Crippen molar-refractivity contribution >= 4 is 10.1 Å². The van der Waals surface area contributed by atoms with E-state index in [1.807, 2.05) is 36.4 Å². The number of halogens is 3. The standard InChI is InChI=1S/C18H12F3NO3S/c19-18(20,21)26(23,24)25-16-9-7-13(8-10-16)14-4-3-5-15(12-14)17-6-1-2-11-22-17/h1-12H. The Kier molecular flexibility index (Phi) is 4.69. The van der Waals surface area contributed by atoms with Crippen molar-refractivity contribution in [3.8, 4) is 28.1 Å². The molecule has 8 heteroatoms. The zero-order valence-corrected chi connectivity index (χ0v) is 14.0. The van der Waals surface area contributed by atoms with Gasteiger partial charge in [0.05, 0.1) is 5.69 Å². The van der Waals surface area contributed by atoms with E-state index in [0.717, 1.165) is 16.8 Å². The molecule has 0 radical (unpaired) electrons. The first-order valence-corrected chi connectivity index (χ1v) is 8.80. The molecule has 26 heavy (non-hydrogen) atoms. The molecule has 0 aliphatic rings. The molecule has 0 N–H and O–H groups in total. The smallest absolute Gasteiger partial charge is 0.376 e. The van der Waals surface area contributed by atoms with Crippen molar-refractivity contribution in [2.75, 3.05) is 0 Å². The summed E-state index contributed by atoms with van der Waals surface area (Å²) in [5.41, 5.74) is -2.31. The van der Waals surface area contributed by atoms with Crippen molar-refractivity contribution < 1.29 is 25.8 Å². The Labute approximate surface area is 148 Å². The fourth-order valence-corrected chi connectivity index (χ4v) is 2.73. The predicted octanol–water partition coefficient (Wildman–Crippen LogP) is 4.64. The van der Waals surface area contributed by atoms with Gasteiger partial charge in [0.15, 0.2) is 0 Å². The SMILES string of the molecule is O=S(=O)(Oc1ccc(-c2cccc(-c3ccccn3)c2)cc1)C(F)(F)F. The highest BCUT2D eigenvalue weighted by molar-refractivity contribution is 7.88. The Bertz CT molecular complexity index is 1000. The summed E-state index contributed by atoms with van der Waals surface area (Å²) in [6.07, 6.45) is 1.68. The quantitative estimate of drug-likeness (QED) is 0.489. The third-order valence-corrected chi connectivity index (χ3v) is 4.48. The second kappa shape index (κ2) is 6.80. The monoisotopic (exact) mass is 379 g/mol. The van der Waals surface area contributed by atoms with Gasteiger partial charge in [0.2, 0.25) is 0 Å². The minimum atomic E-state index is -5.68. The molecule has 0 spiro atoms. The first-order chi connectivity index (χ1) is 12.3. The Balaban J connectivity index is 1.86. The van der Waals surface area contributed by atoms with Crippen molar-refractivity contribution in [3.63, 3.8) is 0 Å². The van der Waals surface area contributed by atoms with E-state index in [0.29, 0.717) is 5.56 Å². The molecular formula is C18H12F3NO3S. The van der Waals surface area contributed by atoms with Crippen molar-refractivity contribution in [2.45, 2.75) is 5.51 Å². The maximum Gasteiger partial charge on any atom is 0.534 e. The topological polar surface area (TPSA) is 56.3 Å². The Morgan fingerprint density at radius 1 is 0.808 bits per heavy atom. The average Bonchev–Trinajstić information content (AvgIpc) is 2.62. The molecule has 0 aliphatic carbocycles. The minimum Gasteiger partial charge on any atom is -0.376 e. The van der Waals surface area contributed by atoms with Gasteiger partial charge >= 0.3 is 15.6 Å². The van der Waals surface area contributed by atoms with Crippen molar-refractivity contribution in [2.24, 2.45) is 0 Å². The summed E-state index contributed by atoms with van der Waals surface area (Å²) in [6, 6.07) is 18.3. The molecule has 4 nitrogen and oxygen atoms in total. The van der Waals surface area contributed by atoms with Gasteiger partial charge in [-0.1, -0.05) is 36.4 Å². The summed E-state index contributed by atoms with van der Waals surface area (Å²) in [4.78, 5) is 4.27. The minimum absolute atomic E-state index is 0.410. The molecule has 3 aromatic rings. The molecule has 3 rings (SSSR count). The van der Waals surface area contributed by atoms with Crippen LogP contribution in [0.4, 0.5) is 13.2 Å². The molecule has 0 saturated heterocycles. The molecule has 2 aromatic carbocycles. The lowest BCUT2D eigenvalue weighted by molar-refractivity contribution is -0.0500. The van der Waals surface area contributed by atoms with Crippen LogP contribution < -0.4 is 4.18 Å². The number of aromatic nitrogens is 1. The van der Waals surface area contributed by atoms with Crippen LogP contribution in [-0.4, -0.2) is 18.9 Å². The third-order valence-electron chi connectivity index (χ3n) is 3.50. The van der Waals surface area contributed by atoms with E-state index in [9.17, 15) is 21.6 Å². The summed E-state index contributed by atoms with van der Waals surface area (Å²) in [5.74, 6) is -0.410. The maximum absolute atomic E-state index is 12.4. The molecule has 0 amide bonds. The van der Waals surface area contributed by atoms with E-state index in [1.54, 1.807) is 12.3 Å². The number of alkyl halides is 3. The highest BCUT2D eigenvalue weighted by Crippen LogP contribution is 2.30. The van der Waals surface area contributed by atoms with Crippen LogP contribution in [0, 0.1) is 0 Å². The van der Waals surface area contributed by atoms with Crippen molar-refractivity contribution in [3.05, 3.63) is 72.9 Å². The Hall–Kier alpha value is -2.87. The van der Waals surface area contributed by atoms with Crippen LogP contribution in [0.5, 0.6) is 5.75 Å². The van der Waals surface area contributed by atoms with Crippen LogP contribution in [0.15, 0.2) is 72.9 Å². The number of pyridine rings is 1. The lowest BCUT2D eigenvalue weighted by atomic mass is 10.0. The van der Waals surface area contributed by atoms with Crippen molar-refractivity contribution in [1.82, 2.24) is 4.98 Å². The van der Waals surface area contributed by atoms with Gasteiger partial charge in [-0.25, -0.2) is 0 Å². The van der Waals surface area contributed by atoms with E-state index in [1.165, 1.54) is 24.3 Å². The second-order valence-electron chi connectivity index (χ2n) is 5.30. The molecular weight excluding hydrogens is 367 g/mol. The predicted molar refractivity (Wildman–Crippen MR) is 90.7 cm³/mol. The lowest BCUT2D eigenvalue weighted by Crippen LogP contribution is -2.28. The number of benzene rings is 2. The Morgan fingerprint density at radius 2 is 1.50 bits per heavy atom. The molecule has 0 aliphatic heterocycles. The van der Waals surface area contributed by atoms with Gasteiger partial charge in [-0.05, 0) is 41.5 Å². The normalized spacial score (nSPS) is 12.0. The molecule has 0 atom stereocenters. The van der Waals surface area contributed by atoms with Gasteiger partial charge in [-0.2, -0.15) is 21.6 Å². The molecule has 0 fully saturated rings. The first-order valence-electron chi connectivity index (χ1n) is 7.39. The van der Waals surface area contributed by atoms with E-state index in [-0.39, 0.29) is 0 Å². The van der Waals surface area contributed by atoms with E-state index in [2.05, 4.69) is 9.17 Å². The second-order valence-corrected chi connectivity index (χ2v) is 6.84. The van der Waals surface area contributed by atoms with Gasteiger partial charge in [0, 0.05) is 11.8 Å². The van der Waals surface area contributed by atoms with Crippen LogP contribution in [0.25, 0.3) is 22.4 Å². The zero-order chi connectivity index (χ0) is 18.8. The first kappa shape index (κ1) is 17.9. The van der Waals surface area contributed by atoms with Crippen LogP contribution in [0.1, 0.15) is 0 Å². The summed E-state index contributed by atoms with van der Waals surface area (Å²) >= 11 is 0. The number of rotatable bonds is 4. The highest BCUT2D eigenvalue weighted by Gasteiger charge is 2.48. The zero-order valence-electron chi connectivity index (χ0n) is 13.1. The molecule has 0 bridgehead atoms. The van der Waals surface area contributed by atoms with Gasteiger partial charge in [-0.15, -0.1) is 0 Å². The molecule has 0 unspecified atom stereocenters. The average molecular weight is 379 g/mol. The summed E-state index contributed by atoms with van der Waals surface area (Å²) in [6.45, 7) is 0. The Morgan fingerprint density at radius 3 is 2.12 bits per heavy atom. The maximum atomic E-state index is 12.4. The summed E-state index contributed by atoms with van der Waals surface area (Å²) in [7, 11) is -5.68. The molecule has 1 aromatic heterocycles. The van der Waals surface area contributed by atoms with Crippen LogP contribution in [-0.2, 0) is 10.1 Å². The number of hydrogen-bond acceptors (Lipinski definition) is 4. The largest absolute Gasteiger partial charge is 0.534 e. The highest BCUT2D eigenvalue weighted by atomic mass is 32.2. The van der Waals surface area contributed by atoms with Crippen LogP contribution in [0.3, 0.4) is 0 Å². The van der Waals surface area contributed by atoms with Crippen LogP contribution in [0.2, 0.25) is 0 Å². The molecule has 134 valence electrons. The fourth-order valence-electron chi connectivity index (χ4n) is 2.27. The van der Waals surface area contributed by atoms with Gasteiger partial charge < -0.3 is 4.18 Å². The number of nitrogens with zero attached hydrogens (tertiary/aromatic N) is 1. The van der Waals surface area contributed by atoms with Gasteiger partial charge in [-0.3, -0.25) is 4.98 Å². The summed E-state index contributed by atoms with van der Waals surface area (Å²) < 4.78 is 63.2. The third kappa shape index (κ3) is 3.85. The molecule has 1 heterocycles.